The normalized spacial score (nSPS) is 12.8. The summed E-state index contributed by atoms with van der Waals surface area (Å²) in [6.07, 6.45) is -0.539. The van der Waals surface area contributed by atoms with Gasteiger partial charge in [-0.15, -0.1) is 0 Å². The molecule has 0 spiro atoms. The molecule has 1 aromatic carbocycles. The molecule has 24 heavy (non-hydrogen) atoms. The Bertz CT molecular complexity index is 624. The zero-order chi connectivity index (χ0) is 17.5. The van der Waals surface area contributed by atoms with E-state index in [0.717, 1.165) is 4.90 Å². The lowest BCUT2D eigenvalue weighted by molar-refractivity contribution is -0.121. The van der Waals surface area contributed by atoms with Gasteiger partial charge in [-0.25, -0.2) is 4.79 Å². The summed E-state index contributed by atoms with van der Waals surface area (Å²) in [6.45, 7) is 2.46. The Morgan fingerprint density at radius 1 is 1.04 bits per heavy atom. The Morgan fingerprint density at radius 2 is 1.62 bits per heavy atom. The Labute approximate surface area is 139 Å². The van der Waals surface area contributed by atoms with Crippen LogP contribution in [0, 0.1) is 0 Å². The van der Waals surface area contributed by atoms with E-state index in [0.29, 0.717) is 11.1 Å². The minimum Gasteiger partial charge on any atom is -0.450 e. The number of hydrogen-bond donors (Lipinski definition) is 2. The van der Waals surface area contributed by atoms with Crippen molar-refractivity contribution in [2.75, 3.05) is 26.2 Å². The fourth-order valence-electron chi connectivity index (χ4n) is 2.29. The first kappa shape index (κ1) is 17.5. The van der Waals surface area contributed by atoms with Gasteiger partial charge in [0.15, 0.2) is 0 Å². The van der Waals surface area contributed by atoms with E-state index >= 15 is 0 Å². The maximum Gasteiger partial charge on any atom is 0.407 e. The Balaban J connectivity index is 1.72. The Kier molecular flexibility index (Phi) is 5.89. The largest absolute Gasteiger partial charge is 0.450 e. The number of imide groups is 1. The third-order valence-corrected chi connectivity index (χ3v) is 3.43. The van der Waals surface area contributed by atoms with Crippen LogP contribution in [0.1, 0.15) is 34.1 Å². The third-order valence-electron chi connectivity index (χ3n) is 3.43. The molecule has 8 heteroatoms. The molecule has 0 aliphatic carbocycles. The highest BCUT2D eigenvalue weighted by Gasteiger charge is 2.34. The van der Waals surface area contributed by atoms with Gasteiger partial charge in [0.25, 0.3) is 11.8 Å². The van der Waals surface area contributed by atoms with E-state index in [4.69, 9.17) is 0 Å². The molecule has 2 N–H and O–H groups in total. The summed E-state index contributed by atoms with van der Waals surface area (Å²) in [7, 11) is 0. The van der Waals surface area contributed by atoms with Crippen molar-refractivity contribution < 1.29 is 23.9 Å². The van der Waals surface area contributed by atoms with E-state index < -0.39 is 6.09 Å². The van der Waals surface area contributed by atoms with Crippen LogP contribution in [0.3, 0.4) is 0 Å². The number of amides is 4. The highest BCUT2D eigenvalue weighted by Crippen LogP contribution is 2.22. The topological polar surface area (TPSA) is 105 Å². The van der Waals surface area contributed by atoms with E-state index in [1.54, 1.807) is 31.2 Å². The molecule has 1 heterocycles. The van der Waals surface area contributed by atoms with Gasteiger partial charge in [-0.2, -0.15) is 0 Å². The number of ether oxygens (including phenoxy) is 1. The van der Waals surface area contributed by atoms with E-state index in [9.17, 15) is 19.2 Å². The van der Waals surface area contributed by atoms with Gasteiger partial charge in [0, 0.05) is 26.1 Å². The van der Waals surface area contributed by atoms with Gasteiger partial charge in [0.05, 0.1) is 17.7 Å². The van der Waals surface area contributed by atoms with Crippen LogP contribution in [0.25, 0.3) is 0 Å². The van der Waals surface area contributed by atoms with Crippen molar-refractivity contribution in [2.45, 2.75) is 13.3 Å². The maximum absolute atomic E-state index is 12.1. The number of nitrogens with zero attached hydrogens (tertiary/aromatic N) is 1. The van der Waals surface area contributed by atoms with Crippen molar-refractivity contribution >= 4 is 23.8 Å². The maximum atomic E-state index is 12.1. The molecule has 128 valence electrons. The first-order valence-electron chi connectivity index (χ1n) is 7.67. The SMILES string of the molecule is CCOC(=O)NCCNC(=O)CCN1C(=O)c2ccccc2C1=O. The summed E-state index contributed by atoms with van der Waals surface area (Å²) < 4.78 is 4.67. The standard InChI is InChI=1S/C16H19N3O5/c1-2-24-16(23)18-9-8-17-13(20)7-10-19-14(21)11-5-3-4-6-12(11)15(19)22/h3-6H,2,7-10H2,1H3,(H,17,20)(H,18,23). The van der Waals surface area contributed by atoms with Gasteiger partial charge in [-0.3, -0.25) is 19.3 Å². The summed E-state index contributed by atoms with van der Waals surface area (Å²) in [5, 5.41) is 5.06. The fourth-order valence-corrected chi connectivity index (χ4v) is 2.29. The molecule has 0 atom stereocenters. The highest BCUT2D eigenvalue weighted by atomic mass is 16.5. The average molecular weight is 333 g/mol. The molecule has 1 aromatic rings. The molecule has 0 unspecified atom stereocenters. The van der Waals surface area contributed by atoms with Gasteiger partial charge in [-0.1, -0.05) is 12.1 Å². The Morgan fingerprint density at radius 3 is 2.21 bits per heavy atom. The number of carbonyl (C=O) groups is 4. The number of carbonyl (C=O) groups excluding carboxylic acids is 4. The van der Waals surface area contributed by atoms with Crippen LogP contribution in [0.2, 0.25) is 0 Å². The first-order chi connectivity index (χ1) is 11.5. The molecular formula is C16H19N3O5. The van der Waals surface area contributed by atoms with Gasteiger partial charge in [-0.05, 0) is 19.1 Å². The van der Waals surface area contributed by atoms with Crippen LogP contribution < -0.4 is 10.6 Å². The lowest BCUT2D eigenvalue weighted by atomic mass is 10.1. The molecule has 2 rings (SSSR count). The second kappa shape index (κ2) is 8.09. The average Bonchev–Trinajstić information content (AvgIpc) is 2.82. The van der Waals surface area contributed by atoms with Crippen molar-refractivity contribution in [3.8, 4) is 0 Å². The molecule has 0 saturated carbocycles. The zero-order valence-electron chi connectivity index (χ0n) is 13.3. The van der Waals surface area contributed by atoms with Crippen molar-refractivity contribution in [3.05, 3.63) is 35.4 Å². The molecule has 0 bridgehead atoms. The van der Waals surface area contributed by atoms with Gasteiger partial charge >= 0.3 is 6.09 Å². The van der Waals surface area contributed by atoms with Crippen molar-refractivity contribution in [1.82, 2.24) is 15.5 Å². The van der Waals surface area contributed by atoms with Crippen LogP contribution in [-0.2, 0) is 9.53 Å². The van der Waals surface area contributed by atoms with Gasteiger partial charge < -0.3 is 15.4 Å². The van der Waals surface area contributed by atoms with Crippen molar-refractivity contribution in [1.29, 1.82) is 0 Å². The molecule has 0 saturated heterocycles. The third kappa shape index (κ3) is 4.09. The molecule has 0 fully saturated rings. The molecular weight excluding hydrogens is 314 g/mol. The lowest BCUT2D eigenvalue weighted by Crippen LogP contribution is -2.37. The second-order valence-electron chi connectivity index (χ2n) is 5.05. The lowest BCUT2D eigenvalue weighted by Gasteiger charge is -2.13. The highest BCUT2D eigenvalue weighted by molar-refractivity contribution is 6.21. The molecule has 1 aliphatic heterocycles. The van der Waals surface area contributed by atoms with Crippen LogP contribution in [0.5, 0.6) is 0 Å². The quantitative estimate of drug-likeness (QED) is 0.559. The molecule has 1 aliphatic rings. The van der Waals surface area contributed by atoms with Crippen molar-refractivity contribution in [2.24, 2.45) is 0 Å². The van der Waals surface area contributed by atoms with Crippen molar-refractivity contribution in [3.63, 3.8) is 0 Å². The van der Waals surface area contributed by atoms with Crippen LogP contribution >= 0.6 is 0 Å². The number of hydrogen-bond acceptors (Lipinski definition) is 5. The van der Waals surface area contributed by atoms with E-state index in [2.05, 4.69) is 15.4 Å². The second-order valence-corrected chi connectivity index (χ2v) is 5.05. The van der Waals surface area contributed by atoms with Crippen LogP contribution in [-0.4, -0.2) is 55.0 Å². The van der Waals surface area contributed by atoms with Gasteiger partial charge in [0.2, 0.25) is 5.91 Å². The van der Waals surface area contributed by atoms with Crippen LogP contribution in [0.15, 0.2) is 24.3 Å². The Hall–Kier alpha value is -2.90. The summed E-state index contributed by atoms with van der Waals surface area (Å²) >= 11 is 0. The fraction of sp³-hybridized carbons (Fsp3) is 0.375. The predicted octanol–water partition coefficient (Wildman–Crippen LogP) is 0.535. The summed E-state index contributed by atoms with van der Waals surface area (Å²) in [6, 6.07) is 6.57. The number of rotatable bonds is 7. The number of nitrogens with one attached hydrogen (secondary N) is 2. The summed E-state index contributed by atoms with van der Waals surface area (Å²) in [5.41, 5.74) is 0.725. The monoisotopic (exact) mass is 333 g/mol. The molecule has 0 radical (unpaired) electrons. The van der Waals surface area contributed by atoms with Crippen LogP contribution in [0.4, 0.5) is 4.79 Å². The minimum atomic E-state index is -0.544. The minimum absolute atomic E-state index is 0.00484. The molecule has 8 nitrogen and oxygen atoms in total. The van der Waals surface area contributed by atoms with Gasteiger partial charge in [0.1, 0.15) is 0 Å². The van der Waals surface area contributed by atoms with E-state index in [1.807, 2.05) is 0 Å². The number of fused-ring (bicyclic) bond motifs is 1. The number of alkyl carbamates (subject to hydrolysis) is 1. The van der Waals surface area contributed by atoms with E-state index in [1.165, 1.54) is 0 Å². The predicted molar refractivity (Wildman–Crippen MR) is 84.5 cm³/mol. The molecule has 0 aromatic heterocycles. The summed E-state index contributed by atoms with van der Waals surface area (Å²) in [5.74, 6) is -1.07. The first-order valence-corrected chi connectivity index (χ1v) is 7.67. The molecule has 4 amide bonds. The summed E-state index contributed by atoms with van der Waals surface area (Å²) in [4.78, 5) is 48.1. The smallest absolute Gasteiger partial charge is 0.407 e. The zero-order valence-corrected chi connectivity index (χ0v) is 13.3. The number of benzene rings is 1. The van der Waals surface area contributed by atoms with E-state index in [-0.39, 0.29) is 50.4 Å².